The quantitative estimate of drug-likeness (QED) is 0.652. The van der Waals surface area contributed by atoms with E-state index < -0.39 is 35.6 Å². The monoisotopic (exact) mass is 380 g/mol. The summed E-state index contributed by atoms with van der Waals surface area (Å²) >= 11 is 0. The van der Waals surface area contributed by atoms with Crippen molar-refractivity contribution in [2.45, 2.75) is 58.3 Å². The van der Waals surface area contributed by atoms with E-state index in [2.05, 4.69) is 10.3 Å². The number of nitrogens with one attached hydrogen (secondary N) is 1. The van der Waals surface area contributed by atoms with Crippen molar-refractivity contribution in [1.82, 2.24) is 10.3 Å². The molecule has 27 heavy (non-hydrogen) atoms. The number of carbonyl (C=O) groups is 3. The Hall–Kier alpha value is -2.48. The fourth-order valence-electron chi connectivity index (χ4n) is 2.38. The molecule has 1 N–H and O–H groups in total. The van der Waals surface area contributed by atoms with Crippen LogP contribution in [0.25, 0.3) is 0 Å². The first-order valence-corrected chi connectivity index (χ1v) is 8.81. The number of esters is 2. The fourth-order valence-corrected chi connectivity index (χ4v) is 2.38. The van der Waals surface area contributed by atoms with Crippen LogP contribution in [0.15, 0.2) is 24.4 Å². The first-order chi connectivity index (χ1) is 12.7. The molecule has 0 radical (unpaired) electrons. The van der Waals surface area contributed by atoms with Crippen molar-refractivity contribution in [2.24, 2.45) is 0 Å². The van der Waals surface area contributed by atoms with Crippen molar-refractivity contribution in [3.05, 3.63) is 30.1 Å². The van der Waals surface area contributed by atoms with Crippen molar-refractivity contribution in [1.29, 1.82) is 0 Å². The van der Waals surface area contributed by atoms with Gasteiger partial charge in [-0.1, -0.05) is 6.07 Å². The summed E-state index contributed by atoms with van der Waals surface area (Å²) in [4.78, 5) is 40.5. The minimum Gasteiger partial charge on any atom is -0.467 e. The number of amides is 1. The van der Waals surface area contributed by atoms with Crippen LogP contribution in [-0.4, -0.2) is 54.3 Å². The van der Waals surface area contributed by atoms with Gasteiger partial charge in [0.15, 0.2) is 6.04 Å². The molecule has 0 aliphatic carbocycles. The normalized spacial score (nSPS) is 13.4. The molecule has 0 saturated heterocycles. The summed E-state index contributed by atoms with van der Waals surface area (Å²) in [5.41, 5.74) is -0.451. The van der Waals surface area contributed by atoms with E-state index in [-0.39, 0.29) is 25.1 Å². The van der Waals surface area contributed by atoms with Gasteiger partial charge in [-0.25, -0.2) is 4.79 Å². The molecular weight excluding hydrogens is 352 g/mol. The summed E-state index contributed by atoms with van der Waals surface area (Å²) in [7, 11) is 1.22. The van der Waals surface area contributed by atoms with Gasteiger partial charge in [0.1, 0.15) is 5.69 Å². The third-order valence-corrected chi connectivity index (χ3v) is 3.45. The molecule has 0 aliphatic rings. The van der Waals surface area contributed by atoms with Crippen LogP contribution in [0.5, 0.6) is 0 Å². The zero-order valence-electron chi connectivity index (χ0n) is 16.5. The third kappa shape index (κ3) is 8.17. The lowest BCUT2D eigenvalue weighted by Crippen LogP contribution is -2.52. The molecule has 0 fully saturated rings. The number of hydrogen-bond acceptors (Lipinski definition) is 7. The Kier molecular flexibility index (Phi) is 8.87. The lowest BCUT2D eigenvalue weighted by atomic mass is 10.0. The molecule has 0 unspecified atom stereocenters. The molecule has 8 heteroatoms. The van der Waals surface area contributed by atoms with Gasteiger partial charge < -0.3 is 19.5 Å². The number of aromatic nitrogens is 1. The number of nitrogens with zero attached hydrogens (tertiary/aromatic N) is 1. The highest BCUT2D eigenvalue weighted by Gasteiger charge is 2.35. The van der Waals surface area contributed by atoms with Crippen LogP contribution in [0.2, 0.25) is 0 Å². The minimum atomic E-state index is -1.10. The second-order valence-electron chi connectivity index (χ2n) is 6.80. The lowest BCUT2D eigenvalue weighted by Gasteiger charge is -2.32. The Balaban J connectivity index is 3.01. The summed E-state index contributed by atoms with van der Waals surface area (Å²) in [6.07, 6.45) is 0.917. The second-order valence-corrected chi connectivity index (χ2v) is 6.80. The number of hydrogen-bond donors (Lipinski definition) is 1. The predicted molar refractivity (Wildman–Crippen MR) is 98.0 cm³/mol. The molecule has 1 aromatic rings. The van der Waals surface area contributed by atoms with Gasteiger partial charge in [-0.05, 0) is 46.2 Å². The SMILES string of the molecule is CCOC(=O)CC[C@@H](OC(C)(C)C)[C@@H](NC(=O)c1ccccn1)C(=O)OC. The maximum atomic E-state index is 12.5. The summed E-state index contributed by atoms with van der Waals surface area (Å²) in [5.74, 6) is -1.61. The summed E-state index contributed by atoms with van der Waals surface area (Å²) in [6, 6.07) is 3.78. The molecule has 2 atom stereocenters. The summed E-state index contributed by atoms with van der Waals surface area (Å²) < 4.78 is 15.7. The third-order valence-electron chi connectivity index (χ3n) is 3.45. The number of pyridine rings is 1. The van der Waals surface area contributed by atoms with Gasteiger partial charge in [-0.15, -0.1) is 0 Å². The van der Waals surface area contributed by atoms with E-state index in [1.807, 2.05) is 20.8 Å². The van der Waals surface area contributed by atoms with E-state index in [1.54, 1.807) is 19.1 Å². The minimum absolute atomic E-state index is 0.0432. The molecule has 0 spiro atoms. The van der Waals surface area contributed by atoms with Gasteiger partial charge in [0, 0.05) is 12.6 Å². The predicted octanol–water partition coefficient (Wildman–Crippen LogP) is 1.88. The molecule has 0 aliphatic heterocycles. The average molecular weight is 380 g/mol. The van der Waals surface area contributed by atoms with Crippen LogP contribution < -0.4 is 5.32 Å². The zero-order chi connectivity index (χ0) is 20.4. The Morgan fingerprint density at radius 3 is 2.44 bits per heavy atom. The van der Waals surface area contributed by atoms with Crippen molar-refractivity contribution in [3.63, 3.8) is 0 Å². The Morgan fingerprint density at radius 1 is 1.22 bits per heavy atom. The van der Waals surface area contributed by atoms with Gasteiger partial charge in [0.05, 0.1) is 25.4 Å². The van der Waals surface area contributed by atoms with E-state index >= 15 is 0 Å². The van der Waals surface area contributed by atoms with Crippen molar-refractivity contribution < 1.29 is 28.6 Å². The van der Waals surface area contributed by atoms with Crippen LogP contribution >= 0.6 is 0 Å². The molecule has 1 rings (SSSR count). The Labute approximate surface area is 159 Å². The van der Waals surface area contributed by atoms with Crippen LogP contribution in [0.4, 0.5) is 0 Å². The van der Waals surface area contributed by atoms with Crippen molar-refractivity contribution >= 4 is 17.8 Å². The molecule has 0 bridgehead atoms. The van der Waals surface area contributed by atoms with Crippen LogP contribution in [0, 0.1) is 0 Å². The van der Waals surface area contributed by atoms with Gasteiger partial charge in [0.2, 0.25) is 0 Å². The smallest absolute Gasteiger partial charge is 0.331 e. The van der Waals surface area contributed by atoms with Gasteiger partial charge in [0.25, 0.3) is 5.91 Å². The molecule has 1 aromatic heterocycles. The van der Waals surface area contributed by atoms with Gasteiger partial charge >= 0.3 is 11.9 Å². The highest BCUT2D eigenvalue weighted by Crippen LogP contribution is 2.19. The van der Waals surface area contributed by atoms with E-state index in [4.69, 9.17) is 14.2 Å². The molecule has 0 aromatic carbocycles. The molecule has 1 amide bonds. The van der Waals surface area contributed by atoms with Crippen LogP contribution in [0.1, 0.15) is 51.0 Å². The molecule has 1 heterocycles. The highest BCUT2D eigenvalue weighted by molar-refractivity contribution is 5.95. The number of rotatable bonds is 9. The number of carbonyl (C=O) groups excluding carboxylic acids is 3. The topological polar surface area (TPSA) is 104 Å². The number of methoxy groups -OCH3 is 1. The van der Waals surface area contributed by atoms with Crippen molar-refractivity contribution in [3.8, 4) is 0 Å². The molecule has 150 valence electrons. The first kappa shape index (κ1) is 22.6. The van der Waals surface area contributed by atoms with E-state index in [0.717, 1.165) is 0 Å². The van der Waals surface area contributed by atoms with Crippen molar-refractivity contribution in [2.75, 3.05) is 13.7 Å². The highest BCUT2D eigenvalue weighted by atomic mass is 16.5. The summed E-state index contributed by atoms with van der Waals surface area (Å²) in [5, 5.41) is 2.61. The van der Waals surface area contributed by atoms with Gasteiger partial charge in [-0.2, -0.15) is 0 Å². The maximum Gasteiger partial charge on any atom is 0.331 e. The van der Waals surface area contributed by atoms with E-state index in [1.165, 1.54) is 19.4 Å². The molecule has 8 nitrogen and oxygen atoms in total. The largest absolute Gasteiger partial charge is 0.467 e. The lowest BCUT2D eigenvalue weighted by molar-refractivity contribution is -0.154. The first-order valence-electron chi connectivity index (χ1n) is 8.81. The Bertz CT molecular complexity index is 627. The standard InChI is InChI=1S/C19H28N2O6/c1-6-26-15(22)11-10-14(27-19(2,3)4)16(18(24)25-5)21-17(23)13-9-7-8-12-20-13/h7-9,12,14,16H,6,10-11H2,1-5H3,(H,21,23)/t14-,16-/m1/s1. The Morgan fingerprint density at radius 2 is 1.93 bits per heavy atom. The molecule has 0 saturated carbocycles. The number of ether oxygens (including phenoxy) is 3. The average Bonchev–Trinajstić information content (AvgIpc) is 2.62. The van der Waals surface area contributed by atoms with Crippen LogP contribution in [0.3, 0.4) is 0 Å². The van der Waals surface area contributed by atoms with Crippen LogP contribution in [-0.2, 0) is 23.8 Å². The zero-order valence-corrected chi connectivity index (χ0v) is 16.5. The van der Waals surface area contributed by atoms with Gasteiger partial charge in [-0.3, -0.25) is 14.6 Å². The van der Waals surface area contributed by atoms with E-state index in [0.29, 0.717) is 0 Å². The van der Waals surface area contributed by atoms with E-state index in [9.17, 15) is 14.4 Å². The summed E-state index contributed by atoms with van der Waals surface area (Å²) in [6.45, 7) is 7.43. The molecular formula is C19H28N2O6. The maximum absolute atomic E-state index is 12.5. The fraction of sp³-hybridized carbons (Fsp3) is 0.579. The second kappa shape index (κ2) is 10.6.